The summed E-state index contributed by atoms with van der Waals surface area (Å²) in [7, 11) is 0. The van der Waals surface area contributed by atoms with Gasteiger partial charge in [-0.25, -0.2) is 19.3 Å². The fraction of sp³-hybridized carbons (Fsp3) is 0.333. The smallest absolute Gasteiger partial charge is 0.344 e. The molecule has 6 nitrogen and oxygen atoms in total. The Kier molecular flexibility index (Phi) is 4.48. The van der Waals surface area contributed by atoms with E-state index in [9.17, 15) is 22.4 Å². The maximum atomic E-state index is 14.2. The molecule has 2 aromatic heterocycles. The molecule has 1 aliphatic rings. The van der Waals surface area contributed by atoms with Gasteiger partial charge in [-0.05, 0) is 25.0 Å². The number of anilines is 1. The van der Waals surface area contributed by atoms with Crippen molar-refractivity contribution in [1.29, 1.82) is 0 Å². The van der Waals surface area contributed by atoms with Crippen molar-refractivity contribution in [3.05, 3.63) is 58.8 Å². The molecule has 0 saturated carbocycles. The number of alkyl halides is 3. The quantitative estimate of drug-likeness (QED) is 0.640. The second-order valence-electron chi connectivity index (χ2n) is 6.54. The maximum Gasteiger partial charge on any atom is 0.406 e. The molecule has 1 atom stereocenters. The van der Waals surface area contributed by atoms with Crippen LogP contribution in [-0.2, 0) is 6.54 Å². The van der Waals surface area contributed by atoms with Crippen LogP contribution in [0.1, 0.15) is 24.7 Å². The fourth-order valence-corrected chi connectivity index (χ4v) is 3.58. The highest BCUT2D eigenvalue weighted by molar-refractivity contribution is 5.77. The summed E-state index contributed by atoms with van der Waals surface area (Å²) in [5.74, 6) is -0.741. The maximum absolute atomic E-state index is 14.2. The Bertz CT molecular complexity index is 1080. The zero-order valence-electron chi connectivity index (χ0n) is 14.5. The number of hydrogen-bond acceptors (Lipinski definition) is 5. The molecule has 28 heavy (non-hydrogen) atoms. The Morgan fingerprint density at radius 3 is 2.75 bits per heavy atom. The number of benzene rings is 1. The van der Waals surface area contributed by atoms with Gasteiger partial charge in [-0.1, -0.05) is 12.1 Å². The molecule has 1 fully saturated rings. The zero-order valence-corrected chi connectivity index (χ0v) is 14.5. The number of halogens is 4. The SMILES string of the molecule is O=c1c2ccccc2nc(C2CCCN2c2ncncc2F)n1CC(F)(F)F. The van der Waals surface area contributed by atoms with Crippen LogP contribution in [0.3, 0.4) is 0 Å². The lowest BCUT2D eigenvalue weighted by molar-refractivity contribution is -0.141. The molecule has 1 aromatic carbocycles. The summed E-state index contributed by atoms with van der Waals surface area (Å²) in [6.07, 6.45) is -1.42. The minimum absolute atomic E-state index is 0.0153. The van der Waals surface area contributed by atoms with Crippen molar-refractivity contribution < 1.29 is 17.6 Å². The number of fused-ring (bicyclic) bond motifs is 1. The van der Waals surface area contributed by atoms with E-state index < -0.39 is 30.1 Å². The third kappa shape index (κ3) is 3.30. The van der Waals surface area contributed by atoms with Gasteiger partial charge in [0.2, 0.25) is 0 Å². The Hall–Kier alpha value is -3.04. The van der Waals surface area contributed by atoms with Gasteiger partial charge in [0.05, 0.1) is 23.1 Å². The zero-order chi connectivity index (χ0) is 19.9. The largest absolute Gasteiger partial charge is 0.406 e. The fourth-order valence-electron chi connectivity index (χ4n) is 3.58. The van der Waals surface area contributed by atoms with Crippen LogP contribution in [0, 0.1) is 5.82 Å². The minimum Gasteiger partial charge on any atom is -0.344 e. The van der Waals surface area contributed by atoms with Crippen LogP contribution in [0.15, 0.2) is 41.6 Å². The van der Waals surface area contributed by atoms with Gasteiger partial charge in [0.25, 0.3) is 5.56 Å². The van der Waals surface area contributed by atoms with Crippen molar-refractivity contribution in [2.75, 3.05) is 11.4 Å². The normalized spacial score (nSPS) is 17.4. The molecule has 3 heterocycles. The van der Waals surface area contributed by atoms with Crippen LogP contribution in [0.2, 0.25) is 0 Å². The standard InChI is InChI=1S/C18H15F4N5O/c19-12-8-23-10-24-15(12)26-7-3-6-14(26)16-25-13-5-2-1-4-11(13)17(28)27(16)9-18(20,21)22/h1-2,4-5,8,10,14H,3,6-7,9H2. The third-order valence-corrected chi connectivity index (χ3v) is 4.70. The van der Waals surface area contributed by atoms with Gasteiger partial charge in [0.1, 0.15) is 18.7 Å². The van der Waals surface area contributed by atoms with Crippen LogP contribution < -0.4 is 10.5 Å². The molecule has 146 valence electrons. The van der Waals surface area contributed by atoms with E-state index in [2.05, 4.69) is 15.0 Å². The molecule has 0 aliphatic carbocycles. The van der Waals surface area contributed by atoms with E-state index in [0.29, 0.717) is 29.5 Å². The van der Waals surface area contributed by atoms with E-state index in [4.69, 9.17) is 0 Å². The van der Waals surface area contributed by atoms with Crippen LogP contribution in [0.4, 0.5) is 23.4 Å². The number of rotatable bonds is 3. The molecule has 1 aliphatic heterocycles. The van der Waals surface area contributed by atoms with Crippen molar-refractivity contribution in [2.45, 2.75) is 31.6 Å². The van der Waals surface area contributed by atoms with E-state index >= 15 is 0 Å². The van der Waals surface area contributed by atoms with Crippen LogP contribution in [-0.4, -0.2) is 32.2 Å². The van der Waals surface area contributed by atoms with E-state index in [1.807, 2.05) is 0 Å². The van der Waals surface area contributed by atoms with E-state index in [1.165, 1.54) is 12.4 Å². The molecule has 0 radical (unpaired) electrons. The van der Waals surface area contributed by atoms with Crippen LogP contribution >= 0.6 is 0 Å². The summed E-state index contributed by atoms with van der Waals surface area (Å²) < 4.78 is 54.4. The Morgan fingerprint density at radius 2 is 2.00 bits per heavy atom. The number of aromatic nitrogens is 4. The second-order valence-corrected chi connectivity index (χ2v) is 6.54. The summed E-state index contributed by atoms with van der Waals surface area (Å²) in [5, 5.41) is 0.105. The highest BCUT2D eigenvalue weighted by atomic mass is 19.4. The van der Waals surface area contributed by atoms with Gasteiger partial charge in [0, 0.05) is 6.54 Å². The first-order valence-electron chi connectivity index (χ1n) is 8.63. The van der Waals surface area contributed by atoms with Gasteiger partial charge in [-0.2, -0.15) is 13.2 Å². The van der Waals surface area contributed by atoms with Crippen molar-refractivity contribution in [3.8, 4) is 0 Å². The first-order valence-corrected chi connectivity index (χ1v) is 8.63. The molecule has 3 aromatic rings. The third-order valence-electron chi connectivity index (χ3n) is 4.70. The van der Waals surface area contributed by atoms with Gasteiger partial charge in [-0.15, -0.1) is 0 Å². The number of para-hydroxylation sites is 1. The van der Waals surface area contributed by atoms with E-state index in [1.54, 1.807) is 23.1 Å². The van der Waals surface area contributed by atoms with Gasteiger partial charge >= 0.3 is 6.18 Å². The lowest BCUT2D eigenvalue weighted by atomic mass is 10.1. The van der Waals surface area contributed by atoms with E-state index in [-0.39, 0.29) is 17.0 Å². The molecular formula is C18H15F4N5O. The first-order chi connectivity index (χ1) is 13.3. The monoisotopic (exact) mass is 393 g/mol. The minimum atomic E-state index is -4.60. The molecule has 1 unspecified atom stereocenters. The molecule has 0 amide bonds. The molecule has 4 rings (SSSR count). The average molecular weight is 393 g/mol. The lowest BCUT2D eigenvalue weighted by Gasteiger charge is -2.27. The molecule has 0 bridgehead atoms. The second kappa shape index (κ2) is 6.84. The van der Waals surface area contributed by atoms with Crippen LogP contribution in [0.5, 0.6) is 0 Å². The molecular weight excluding hydrogens is 378 g/mol. The highest BCUT2D eigenvalue weighted by Gasteiger charge is 2.36. The van der Waals surface area contributed by atoms with Gasteiger partial charge in [-0.3, -0.25) is 9.36 Å². The summed E-state index contributed by atoms with van der Waals surface area (Å²) in [6, 6.07) is 5.54. The van der Waals surface area contributed by atoms with E-state index in [0.717, 1.165) is 6.20 Å². The van der Waals surface area contributed by atoms with Crippen molar-refractivity contribution in [1.82, 2.24) is 19.5 Å². The van der Waals surface area contributed by atoms with Crippen molar-refractivity contribution in [3.63, 3.8) is 0 Å². The Balaban J connectivity index is 1.90. The molecule has 10 heteroatoms. The Labute approximate surface area is 156 Å². The highest BCUT2D eigenvalue weighted by Crippen LogP contribution is 2.36. The van der Waals surface area contributed by atoms with Crippen molar-refractivity contribution in [2.24, 2.45) is 0 Å². The summed E-state index contributed by atoms with van der Waals surface area (Å²) >= 11 is 0. The topological polar surface area (TPSA) is 63.9 Å². The predicted octanol–water partition coefficient (Wildman–Crippen LogP) is 3.23. The predicted molar refractivity (Wildman–Crippen MR) is 93.4 cm³/mol. The molecule has 0 N–H and O–H groups in total. The average Bonchev–Trinajstić information content (AvgIpc) is 3.12. The summed E-state index contributed by atoms with van der Waals surface area (Å²) in [6.45, 7) is -1.08. The number of hydrogen-bond donors (Lipinski definition) is 0. The lowest BCUT2D eigenvalue weighted by Crippen LogP contribution is -2.36. The van der Waals surface area contributed by atoms with Crippen molar-refractivity contribution >= 4 is 16.7 Å². The molecule has 1 saturated heterocycles. The Morgan fingerprint density at radius 1 is 1.21 bits per heavy atom. The van der Waals surface area contributed by atoms with Gasteiger partial charge in [0.15, 0.2) is 11.6 Å². The first kappa shape index (κ1) is 18.3. The summed E-state index contributed by atoms with van der Waals surface area (Å²) in [4.78, 5) is 26.2. The van der Waals surface area contributed by atoms with Gasteiger partial charge < -0.3 is 4.90 Å². The van der Waals surface area contributed by atoms with Crippen LogP contribution in [0.25, 0.3) is 10.9 Å². The molecule has 0 spiro atoms. The summed E-state index contributed by atoms with van der Waals surface area (Å²) in [5.41, 5.74) is -0.469. The number of nitrogens with zero attached hydrogens (tertiary/aromatic N) is 5.